The van der Waals surface area contributed by atoms with Crippen LogP contribution in [0.15, 0.2) is 10.9 Å². The van der Waals surface area contributed by atoms with Crippen molar-refractivity contribution >= 4 is 16.3 Å². The highest BCUT2D eigenvalue weighted by Crippen LogP contribution is 2.12. The number of nitrogens with zero attached hydrogens (tertiary/aromatic N) is 4. The maximum absolute atomic E-state index is 12.1. The molecule has 0 spiro atoms. The molecule has 0 aliphatic carbocycles. The molecule has 20 heavy (non-hydrogen) atoms. The van der Waals surface area contributed by atoms with E-state index in [1.54, 1.807) is 6.07 Å². The molecule has 1 saturated heterocycles. The van der Waals surface area contributed by atoms with Crippen LogP contribution in [0.1, 0.15) is 24.0 Å². The van der Waals surface area contributed by atoms with E-state index in [2.05, 4.69) is 20.3 Å². The van der Waals surface area contributed by atoms with Gasteiger partial charge in [0.1, 0.15) is 5.01 Å². The predicted octanol–water partition coefficient (Wildman–Crippen LogP) is 0.509. The summed E-state index contributed by atoms with van der Waals surface area (Å²) in [4.78, 5) is 19.7. The molecule has 1 fully saturated rings. The van der Waals surface area contributed by atoms with Crippen LogP contribution in [0.2, 0.25) is 0 Å². The average Bonchev–Trinajstić information content (AvgIpc) is 2.69. The fraction of sp³-hybridized carbons (Fsp3) is 0.615. The second-order valence-electron chi connectivity index (χ2n) is 5.01. The molecule has 3 rings (SSSR count). The second kappa shape index (κ2) is 5.99. The lowest BCUT2D eigenvalue weighted by molar-refractivity contribution is 0.281. The predicted molar refractivity (Wildman–Crippen MR) is 79.3 cm³/mol. The number of aryl methyl sites for hydroxylation is 1. The average molecular weight is 293 g/mol. The van der Waals surface area contributed by atoms with Gasteiger partial charge in [-0.25, -0.2) is 4.98 Å². The fourth-order valence-corrected chi connectivity index (χ4v) is 3.27. The molecule has 1 N–H and O–H groups in total. The zero-order chi connectivity index (χ0) is 13.9. The minimum absolute atomic E-state index is 0.0751. The van der Waals surface area contributed by atoms with Gasteiger partial charge >= 0.3 is 0 Å². The summed E-state index contributed by atoms with van der Waals surface area (Å²) in [5.74, 6) is 0. The number of nitrogens with one attached hydrogen (secondary N) is 1. The summed E-state index contributed by atoms with van der Waals surface area (Å²) in [6.45, 7) is 6.91. The molecule has 0 aromatic carbocycles. The normalized spacial score (nSPS) is 17.4. The van der Waals surface area contributed by atoms with Crippen molar-refractivity contribution in [1.29, 1.82) is 0 Å². The van der Waals surface area contributed by atoms with Crippen LogP contribution in [0.3, 0.4) is 0 Å². The Balaban J connectivity index is 1.85. The lowest BCUT2D eigenvalue weighted by Gasteiger charge is -2.18. The first-order valence-electron chi connectivity index (χ1n) is 7.08. The third-order valence-electron chi connectivity index (χ3n) is 3.46. The Bertz CT molecular complexity index is 642. The van der Waals surface area contributed by atoms with Crippen molar-refractivity contribution in [3.05, 3.63) is 27.1 Å². The zero-order valence-corrected chi connectivity index (χ0v) is 12.4. The van der Waals surface area contributed by atoms with E-state index < -0.39 is 0 Å². The van der Waals surface area contributed by atoms with Crippen molar-refractivity contribution in [2.75, 3.05) is 26.2 Å². The molecule has 0 unspecified atom stereocenters. The Morgan fingerprint density at radius 2 is 2.30 bits per heavy atom. The van der Waals surface area contributed by atoms with Gasteiger partial charge in [-0.1, -0.05) is 18.3 Å². The molecule has 0 radical (unpaired) electrons. The van der Waals surface area contributed by atoms with E-state index in [0.717, 1.165) is 56.3 Å². The molecule has 108 valence electrons. The maximum Gasteiger partial charge on any atom is 0.275 e. The van der Waals surface area contributed by atoms with Crippen LogP contribution in [0.4, 0.5) is 0 Å². The Labute approximate surface area is 121 Å². The highest BCUT2D eigenvalue weighted by molar-refractivity contribution is 7.16. The number of rotatable bonds is 3. The van der Waals surface area contributed by atoms with Gasteiger partial charge in [-0.2, -0.15) is 9.61 Å². The summed E-state index contributed by atoms with van der Waals surface area (Å²) in [5, 5.41) is 8.60. The third kappa shape index (κ3) is 2.89. The molecule has 3 heterocycles. The maximum atomic E-state index is 12.1. The highest BCUT2D eigenvalue weighted by atomic mass is 32.1. The second-order valence-corrected chi connectivity index (χ2v) is 6.05. The van der Waals surface area contributed by atoms with Crippen molar-refractivity contribution in [3.63, 3.8) is 0 Å². The first-order valence-corrected chi connectivity index (χ1v) is 7.89. The van der Waals surface area contributed by atoms with Gasteiger partial charge in [-0.3, -0.25) is 9.69 Å². The molecule has 1 aliphatic rings. The van der Waals surface area contributed by atoms with E-state index in [4.69, 9.17) is 0 Å². The largest absolute Gasteiger partial charge is 0.315 e. The van der Waals surface area contributed by atoms with Crippen molar-refractivity contribution in [2.24, 2.45) is 0 Å². The van der Waals surface area contributed by atoms with Gasteiger partial charge in [-0.05, 0) is 25.9 Å². The summed E-state index contributed by atoms with van der Waals surface area (Å²) >= 11 is 1.50. The molecular formula is C13H19N5OS. The standard InChI is InChI=1S/C13H19N5OS/c1-2-11-16-18-12(19)8-10(15-13(18)20-11)9-17-6-3-4-14-5-7-17/h8,14H,2-7,9H2,1H3. The van der Waals surface area contributed by atoms with Gasteiger partial charge in [0.15, 0.2) is 0 Å². The fourth-order valence-electron chi connectivity index (χ4n) is 2.41. The Morgan fingerprint density at radius 1 is 1.40 bits per heavy atom. The van der Waals surface area contributed by atoms with Crippen LogP contribution >= 0.6 is 11.3 Å². The summed E-state index contributed by atoms with van der Waals surface area (Å²) in [6, 6.07) is 1.62. The Morgan fingerprint density at radius 3 is 3.15 bits per heavy atom. The van der Waals surface area contributed by atoms with Gasteiger partial charge < -0.3 is 5.32 Å². The van der Waals surface area contributed by atoms with Crippen LogP contribution < -0.4 is 10.9 Å². The topological polar surface area (TPSA) is 62.5 Å². The molecule has 0 atom stereocenters. The van der Waals surface area contributed by atoms with Gasteiger partial charge in [0.25, 0.3) is 5.56 Å². The lowest BCUT2D eigenvalue weighted by Crippen LogP contribution is -2.29. The SMILES string of the molecule is CCc1nn2c(=O)cc(CN3CCCNCC3)nc2s1. The van der Waals surface area contributed by atoms with Crippen LogP contribution in [0.25, 0.3) is 4.96 Å². The number of aromatic nitrogens is 3. The van der Waals surface area contributed by atoms with E-state index in [1.807, 2.05) is 6.92 Å². The van der Waals surface area contributed by atoms with Gasteiger partial charge in [0.2, 0.25) is 4.96 Å². The lowest BCUT2D eigenvalue weighted by atomic mass is 10.3. The van der Waals surface area contributed by atoms with Crippen LogP contribution in [-0.4, -0.2) is 45.7 Å². The van der Waals surface area contributed by atoms with Gasteiger partial charge in [0.05, 0.1) is 5.69 Å². The van der Waals surface area contributed by atoms with Crippen LogP contribution in [0, 0.1) is 0 Å². The monoisotopic (exact) mass is 293 g/mol. The summed E-state index contributed by atoms with van der Waals surface area (Å²) in [6.07, 6.45) is 1.97. The summed E-state index contributed by atoms with van der Waals surface area (Å²) in [7, 11) is 0. The molecular weight excluding hydrogens is 274 g/mol. The number of hydrogen-bond donors (Lipinski definition) is 1. The van der Waals surface area contributed by atoms with Crippen molar-refractivity contribution in [3.8, 4) is 0 Å². The Hall–Kier alpha value is -1.31. The molecule has 2 aromatic heterocycles. The Kier molecular flexibility index (Phi) is 4.09. The zero-order valence-electron chi connectivity index (χ0n) is 11.6. The summed E-state index contributed by atoms with van der Waals surface area (Å²) in [5.41, 5.74) is 0.775. The molecule has 6 nitrogen and oxygen atoms in total. The van der Waals surface area contributed by atoms with Gasteiger partial charge in [0, 0.05) is 25.7 Å². The van der Waals surface area contributed by atoms with Crippen molar-refractivity contribution in [2.45, 2.75) is 26.3 Å². The third-order valence-corrected chi connectivity index (χ3v) is 4.51. The molecule has 0 amide bonds. The molecule has 2 aromatic rings. The van der Waals surface area contributed by atoms with Gasteiger partial charge in [-0.15, -0.1) is 0 Å². The van der Waals surface area contributed by atoms with E-state index in [1.165, 1.54) is 15.9 Å². The minimum Gasteiger partial charge on any atom is -0.315 e. The first kappa shape index (κ1) is 13.7. The summed E-state index contributed by atoms with van der Waals surface area (Å²) < 4.78 is 1.41. The van der Waals surface area contributed by atoms with E-state index in [-0.39, 0.29) is 5.56 Å². The van der Waals surface area contributed by atoms with Crippen LogP contribution in [0.5, 0.6) is 0 Å². The molecule has 1 aliphatic heterocycles. The molecule has 7 heteroatoms. The van der Waals surface area contributed by atoms with Crippen LogP contribution in [-0.2, 0) is 13.0 Å². The van der Waals surface area contributed by atoms with E-state index in [9.17, 15) is 4.79 Å². The van der Waals surface area contributed by atoms with E-state index in [0.29, 0.717) is 4.96 Å². The quantitative estimate of drug-likeness (QED) is 0.893. The minimum atomic E-state index is -0.0751. The highest BCUT2D eigenvalue weighted by Gasteiger charge is 2.12. The number of fused-ring (bicyclic) bond motifs is 1. The smallest absolute Gasteiger partial charge is 0.275 e. The molecule has 0 bridgehead atoms. The van der Waals surface area contributed by atoms with Crippen molar-refractivity contribution in [1.82, 2.24) is 24.8 Å². The van der Waals surface area contributed by atoms with E-state index >= 15 is 0 Å². The van der Waals surface area contributed by atoms with Crippen molar-refractivity contribution < 1.29 is 0 Å². The number of hydrogen-bond acceptors (Lipinski definition) is 6. The molecule has 0 saturated carbocycles. The first-order chi connectivity index (χ1) is 9.76.